The summed E-state index contributed by atoms with van der Waals surface area (Å²) in [6, 6.07) is 7.82. The third-order valence-corrected chi connectivity index (χ3v) is 3.46. The molecule has 1 atom stereocenters. The number of rotatable bonds is 3. The largest absolute Gasteiger partial charge is 0.490 e. The van der Waals surface area contributed by atoms with Crippen LogP contribution in [-0.2, 0) is 0 Å². The molecule has 0 aliphatic heterocycles. The Bertz CT molecular complexity index is 339. The molecule has 1 aliphatic carbocycles. The van der Waals surface area contributed by atoms with Crippen LogP contribution in [0.1, 0.15) is 57.1 Å². The third kappa shape index (κ3) is 3.47. The van der Waals surface area contributed by atoms with Gasteiger partial charge >= 0.3 is 0 Å². The van der Waals surface area contributed by atoms with E-state index in [1.165, 1.54) is 25.7 Å². The smallest absolute Gasteiger partial charge is 0.125 e. The zero-order chi connectivity index (χ0) is 12.1. The lowest BCUT2D eigenvalue weighted by Crippen LogP contribution is -2.16. The zero-order valence-corrected chi connectivity index (χ0v) is 10.6. The number of para-hydroxylation sites is 1. The van der Waals surface area contributed by atoms with E-state index in [1.54, 1.807) is 6.92 Å². The molecule has 17 heavy (non-hydrogen) atoms. The summed E-state index contributed by atoms with van der Waals surface area (Å²) in [5.41, 5.74) is 0.900. The third-order valence-electron chi connectivity index (χ3n) is 3.46. The monoisotopic (exact) mass is 234 g/mol. The van der Waals surface area contributed by atoms with Gasteiger partial charge in [0.25, 0.3) is 0 Å². The van der Waals surface area contributed by atoms with Crippen LogP contribution in [0, 0.1) is 0 Å². The van der Waals surface area contributed by atoms with E-state index in [2.05, 4.69) is 0 Å². The number of ether oxygens (including phenoxy) is 1. The van der Waals surface area contributed by atoms with Gasteiger partial charge < -0.3 is 9.84 Å². The quantitative estimate of drug-likeness (QED) is 0.805. The summed E-state index contributed by atoms with van der Waals surface area (Å²) in [4.78, 5) is 0. The SMILES string of the molecule is C[C@@H](O)c1ccccc1OC1CCCCCC1. The Balaban J connectivity index is 2.06. The van der Waals surface area contributed by atoms with Crippen LogP contribution in [0.4, 0.5) is 0 Å². The number of hydrogen-bond donors (Lipinski definition) is 1. The molecule has 0 saturated heterocycles. The molecule has 2 heteroatoms. The standard InChI is InChI=1S/C15H22O2/c1-12(16)14-10-6-7-11-15(14)17-13-8-4-2-3-5-9-13/h6-7,10-13,16H,2-5,8-9H2,1H3/t12-/m1/s1. The van der Waals surface area contributed by atoms with Gasteiger partial charge in [0, 0.05) is 5.56 Å². The molecule has 2 rings (SSSR count). The van der Waals surface area contributed by atoms with E-state index < -0.39 is 6.10 Å². The first-order valence-electron chi connectivity index (χ1n) is 6.71. The molecule has 1 saturated carbocycles. The minimum atomic E-state index is -0.461. The summed E-state index contributed by atoms with van der Waals surface area (Å²) in [5, 5.41) is 9.71. The van der Waals surface area contributed by atoms with Gasteiger partial charge in [0.1, 0.15) is 5.75 Å². The molecular formula is C15H22O2. The van der Waals surface area contributed by atoms with Gasteiger partial charge in [-0.3, -0.25) is 0 Å². The lowest BCUT2D eigenvalue weighted by atomic mass is 10.1. The van der Waals surface area contributed by atoms with Gasteiger partial charge in [-0.1, -0.05) is 31.0 Å². The molecule has 0 aromatic heterocycles. The van der Waals surface area contributed by atoms with Gasteiger partial charge in [-0.15, -0.1) is 0 Å². The number of hydrogen-bond acceptors (Lipinski definition) is 2. The highest BCUT2D eigenvalue weighted by atomic mass is 16.5. The van der Waals surface area contributed by atoms with Crippen molar-refractivity contribution in [1.82, 2.24) is 0 Å². The Kier molecular flexibility index (Phi) is 4.43. The van der Waals surface area contributed by atoms with Gasteiger partial charge in [-0.2, -0.15) is 0 Å². The van der Waals surface area contributed by atoms with Crippen LogP contribution in [0.2, 0.25) is 0 Å². The average Bonchev–Trinajstić information content (AvgIpc) is 2.58. The summed E-state index contributed by atoms with van der Waals surface area (Å²) in [5.74, 6) is 0.856. The molecule has 1 N–H and O–H groups in total. The van der Waals surface area contributed by atoms with Gasteiger partial charge in [0.15, 0.2) is 0 Å². The molecule has 0 spiro atoms. The lowest BCUT2D eigenvalue weighted by Gasteiger charge is -2.20. The highest BCUT2D eigenvalue weighted by molar-refractivity contribution is 5.34. The van der Waals surface area contributed by atoms with Crippen LogP contribution < -0.4 is 4.74 Å². The van der Waals surface area contributed by atoms with Crippen molar-refractivity contribution in [2.45, 2.75) is 57.7 Å². The van der Waals surface area contributed by atoms with Gasteiger partial charge in [0.2, 0.25) is 0 Å². The van der Waals surface area contributed by atoms with Crippen LogP contribution in [-0.4, -0.2) is 11.2 Å². The second kappa shape index (κ2) is 6.06. The van der Waals surface area contributed by atoms with E-state index >= 15 is 0 Å². The van der Waals surface area contributed by atoms with Crippen LogP contribution in [0.15, 0.2) is 24.3 Å². The van der Waals surface area contributed by atoms with E-state index in [-0.39, 0.29) is 0 Å². The first-order chi connectivity index (χ1) is 8.27. The van der Waals surface area contributed by atoms with E-state index in [0.29, 0.717) is 6.10 Å². The normalized spacial score (nSPS) is 19.6. The van der Waals surface area contributed by atoms with E-state index in [4.69, 9.17) is 4.74 Å². The maximum absolute atomic E-state index is 9.71. The molecule has 1 aromatic rings. The van der Waals surface area contributed by atoms with Crippen LogP contribution in [0.5, 0.6) is 5.75 Å². The maximum Gasteiger partial charge on any atom is 0.125 e. The Morgan fingerprint density at radius 1 is 1.12 bits per heavy atom. The van der Waals surface area contributed by atoms with Crippen molar-refractivity contribution in [2.75, 3.05) is 0 Å². The highest BCUT2D eigenvalue weighted by Gasteiger charge is 2.16. The van der Waals surface area contributed by atoms with Crippen LogP contribution >= 0.6 is 0 Å². The topological polar surface area (TPSA) is 29.5 Å². The van der Waals surface area contributed by atoms with Crippen molar-refractivity contribution in [3.8, 4) is 5.75 Å². The fourth-order valence-corrected chi connectivity index (χ4v) is 2.47. The first kappa shape index (κ1) is 12.4. The van der Waals surface area contributed by atoms with Gasteiger partial charge in [-0.25, -0.2) is 0 Å². The number of benzene rings is 1. The van der Waals surface area contributed by atoms with Gasteiger partial charge in [-0.05, 0) is 38.7 Å². The van der Waals surface area contributed by atoms with Crippen molar-refractivity contribution in [2.24, 2.45) is 0 Å². The lowest BCUT2D eigenvalue weighted by molar-refractivity contribution is 0.161. The fraction of sp³-hybridized carbons (Fsp3) is 0.600. The highest BCUT2D eigenvalue weighted by Crippen LogP contribution is 2.28. The maximum atomic E-state index is 9.71. The first-order valence-corrected chi connectivity index (χ1v) is 6.71. The van der Waals surface area contributed by atoms with Crippen LogP contribution in [0.25, 0.3) is 0 Å². The van der Waals surface area contributed by atoms with Gasteiger partial charge in [0.05, 0.1) is 12.2 Å². The Labute approximate surface area is 104 Å². The molecular weight excluding hydrogens is 212 g/mol. The Morgan fingerprint density at radius 2 is 1.76 bits per heavy atom. The minimum Gasteiger partial charge on any atom is -0.490 e. The second-order valence-corrected chi connectivity index (χ2v) is 4.95. The summed E-state index contributed by atoms with van der Waals surface area (Å²) in [6.45, 7) is 1.79. The minimum absolute atomic E-state index is 0.331. The molecule has 0 bridgehead atoms. The summed E-state index contributed by atoms with van der Waals surface area (Å²) < 4.78 is 6.07. The average molecular weight is 234 g/mol. The summed E-state index contributed by atoms with van der Waals surface area (Å²) in [6.07, 6.45) is 7.36. The molecule has 0 unspecified atom stereocenters. The predicted molar refractivity (Wildman–Crippen MR) is 69.2 cm³/mol. The van der Waals surface area contributed by atoms with Crippen molar-refractivity contribution in [1.29, 1.82) is 0 Å². The molecule has 94 valence electrons. The zero-order valence-electron chi connectivity index (χ0n) is 10.6. The molecule has 2 nitrogen and oxygen atoms in total. The molecule has 1 aliphatic rings. The van der Waals surface area contributed by atoms with Crippen molar-refractivity contribution in [3.63, 3.8) is 0 Å². The fourth-order valence-electron chi connectivity index (χ4n) is 2.47. The molecule has 1 fully saturated rings. The number of aliphatic hydroxyl groups excluding tert-OH is 1. The molecule has 0 heterocycles. The van der Waals surface area contributed by atoms with E-state index in [9.17, 15) is 5.11 Å². The van der Waals surface area contributed by atoms with Crippen molar-refractivity contribution >= 4 is 0 Å². The predicted octanol–water partition coefficient (Wildman–Crippen LogP) is 3.84. The Morgan fingerprint density at radius 3 is 2.41 bits per heavy atom. The Hall–Kier alpha value is -1.02. The van der Waals surface area contributed by atoms with E-state index in [0.717, 1.165) is 24.2 Å². The molecule has 0 amide bonds. The second-order valence-electron chi connectivity index (χ2n) is 4.95. The molecule has 0 radical (unpaired) electrons. The van der Waals surface area contributed by atoms with Crippen molar-refractivity contribution < 1.29 is 9.84 Å². The number of aliphatic hydroxyl groups is 1. The van der Waals surface area contributed by atoms with E-state index in [1.807, 2.05) is 24.3 Å². The van der Waals surface area contributed by atoms with Crippen LogP contribution in [0.3, 0.4) is 0 Å². The molecule has 1 aromatic carbocycles. The van der Waals surface area contributed by atoms with Crippen molar-refractivity contribution in [3.05, 3.63) is 29.8 Å². The summed E-state index contributed by atoms with van der Waals surface area (Å²) in [7, 11) is 0. The summed E-state index contributed by atoms with van der Waals surface area (Å²) >= 11 is 0.